The molecule has 0 aromatic heterocycles. The summed E-state index contributed by atoms with van der Waals surface area (Å²) in [5, 5.41) is 2.49. The van der Waals surface area contributed by atoms with Gasteiger partial charge in [0, 0.05) is 12.6 Å². The van der Waals surface area contributed by atoms with Crippen molar-refractivity contribution in [3.8, 4) is 0 Å². The normalized spacial score (nSPS) is 26.5. The molecule has 0 spiro atoms. The van der Waals surface area contributed by atoms with Gasteiger partial charge >= 0.3 is 6.18 Å². The van der Waals surface area contributed by atoms with E-state index in [2.05, 4.69) is 5.32 Å². The van der Waals surface area contributed by atoms with Crippen molar-refractivity contribution >= 4 is 0 Å². The molecule has 0 aliphatic carbocycles. The van der Waals surface area contributed by atoms with Crippen molar-refractivity contribution in [2.24, 2.45) is 0 Å². The standard InChI is InChI=1S/C7H13F3N2/c1-12-3-2-6(4-12)11-5-7(8,9)10/h6,11H,2-5H2,1H3. The van der Waals surface area contributed by atoms with Gasteiger partial charge in [0.05, 0.1) is 6.54 Å². The van der Waals surface area contributed by atoms with Gasteiger partial charge in [-0.3, -0.25) is 0 Å². The molecule has 72 valence electrons. The summed E-state index contributed by atoms with van der Waals surface area (Å²) in [6.45, 7) is 0.733. The zero-order valence-corrected chi connectivity index (χ0v) is 6.99. The van der Waals surface area contributed by atoms with Gasteiger partial charge in [0.25, 0.3) is 0 Å². The number of halogens is 3. The smallest absolute Gasteiger partial charge is 0.305 e. The van der Waals surface area contributed by atoms with Crippen LogP contribution in [0.25, 0.3) is 0 Å². The first-order valence-corrected chi connectivity index (χ1v) is 3.96. The van der Waals surface area contributed by atoms with E-state index in [4.69, 9.17) is 0 Å². The van der Waals surface area contributed by atoms with E-state index in [1.807, 2.05) is 11.9 Å². The van der Waals surface area contributed by atoms with Gasteiger partial charge in [0.15, 0.2) is 0 Å². The number of nitrogens with zero attached hydrogens (tertiary/aromatic N) is 1. The Morgan fingerprint density at radius 2 is 2.17 bits per heavy atom. The van der Waals surface area contributed by atoms with E-state index in [0.717, 1.165) is 19.5 Å². The van der Waals surface area contributed by atoms with Gasteiger partial charge in [-0.05, 0) is 20.0 Å². The van der Waals surface area contributed by atoms with Crippen molar-refractivity contribution in [2.45, 2.75) is 18.6 Å². The molecule has 1 fully saturated rings. The number of likely N-dealkylation sites (tertiary alicyclic amines) is 1. The van der Waals surface area contributed by atoms with Gasteiger partial charge in [0.1, 0.15) is 0 Å². The van der Waals surface area contributed by atoms with Crippen molar-refractivity contribution < 1.29 is 13.2 Å². The first-order chi connectivity index (χ1) is 5.47. The minimum Gasteiger partial charge on any atom is -0.305 e. The topological polar surface area (TPSA) is 15.3 Å². The van der Waals surface area contributed by atoms with Gasteiger partial charge in [-0.1, -0.05) is 0 Å². The predicted octanol–water partition coefficient (Wildman–Crippen LogP) is 0.842. The summed E-state index contributed by atoms with van der Waals surface area (Å²) < 4.78 is 35.2. The van der Waals surface area contributed by atoms with E-state index in [0.29, 0.717) is 0 Å². The number of hydrogen-bond donors (Lipinski definition) is 1. The summed E-state index contributed by atoms with van der Waals surface area (Å²) in [6, 6.07) is 0.0108. The third-order valence-electron chi connectivity index (χ3n) is 1.98. The van der Waals surface area contributed by atoms with E-state index >= 15 is 0 Å². The molecule has 1 N–H and O–H groups in total. The van der Waals surface area contributed by atoms with Gasteiger partial charge in [0.2, 0.25) is 0 Å². The van der Waals surface area contributed by atoms with Crippen LogP contribution in [0, 0.1) is 0 Å². The molecule has 0 saturated carbocycles. The summed E-state index contributed by atoms with van der Waals surface area (Å²) >= 11 is 0. The van der Waals surface area contributed by atoms with Crippen molar-refractivity contribution in [1.29, 1.82) is 0 Å². The van der Waals surface area contributed by atoms with Crippen LogP contribution >= 0.6 is 0 Å². The lowest BCUT2D eigenvalue weighted by Crippen LogP contribution is -2.38. The summed E-state index contributed by atoms with van der Waals surface area (Å²) in [5.41, 5.74) is 0. The predicted molar refractivity (Wildman–Crippen MR) is 40.0 cm³/mol. The lowest BCUT2D eigenvalue weighted by Gasteiger charge is -2.14. The molecule has 0 amide bonds. The largest absolute Gasteiger partial charge is 0.401 e. The second kappa shape index (κ2) is 3.62. The van der Waals surface area contributed by atoms with Crippen LogP contribution in [-0.4, -0.2) is 43.8 Å². The molecule has 1 atom stereocenters. The highest BCUT2D eigenvalue weighted by Gasteiger charge is 2.29. The molecule has 5 heteroatoms. The quantitative estimate of drug-likeness (QED) is 0.680. The van der Waals surface area contributed by atoms with E-state index in [1.165, 1.54) is 0 Å². The second-order valence-corrected chi connectivity index (χ2v) is 3.24. The minimum absolute atomic E-state index is 0.0108. The first-order valence-electron chi connectivity index (χ1n) is 3.96. The van der Waals surface area contributed by atoms with Gasteiger partial charge in [-0.2, -0.15) is 13.2 Å². The SMILES string of the molecule is CN1CCC(NCC(F)(F)F)C1. The van der Waals surface area contributed by atoms with Gasteiger partial charge < -0.3 is 10.2 Å². The number of alkyl halides is 3. The summed E-state index contributed by atoms with van der Waals surface area (Å²) in [4.78, 5) is 2.02. The third kappa shape index (κ3) is 3.40. The average molecular weight is 182 g/mol. The lowest BCUT2D eigenvalue weighted by atomic mass is 10.2. The van der Waals surface area contributed by atoms with Crippen LogP contribution in [0.3, 0.4) is 0 Å². The van der Waals surface area contributed by atoms with E-state index in [-0.39, 0.29) is 6.04 Å². The molecule has 1 heterocycles. The van der Waals surface area contributed by atoms with E-state index < -0.39 is 12.7 Å². The molecule has 0 aromatic rings. The molecular weight excluding hydrogens is 169 g/mol. The highest BCUT2D eigenvalue weighted by molar-refractivity contribution is 4.79. The molecule has 1 aliphatic heterocycles. The number of hydrogen-bond acceptors (Lipinski definition) is 2. The number of likely N-dealkylation sites (N-methyl/N-ethyl adjacent to an activating group) is 1. The van der Waals surface area contributed by atoms with Crippen LogP contribution < -0.4 is 5.32 Å². The van der Waals surface area contributed by atoms with E-state index in [9.17, 15) is 13.2 Å². The Hall–Kier alpha value is -0.290. The summed E-state index contributed by atoms with van der Waals surface area (Å²) in [7, 11) is 1.91. The van der Waals surface area contributed by atoms with Crippen molar-refractivity contribution in [1.82, 2.24) is 10.2 Å². The maximum atomic E-state index is 11.7. The third-order valence-corrected chi connectivity index (χ3v) is 1.98. The lowest BCUT2D eigenvalue weighted by molar-refractivity contribution is -0.126. The van der Waals surface area contributed by atoms with Gasteiger partial charge in [-0.15, -0.1) is 0 Å². The molecule has 2 nitrogen and oxygen atoms in total. The number of nitrogens with one attached hydrogen (secondary N) is 1. The van der Waals surface area contributed by atoms with Crippen molar-refractivity contribution in [3.05, 3.63) is 0 Å². The Kier molecular flexibility index (Phi) is 2.95. The Morgan fingerprint density at radius 3 is 2.58 bits per heavy atom. The molecule has 1 rings (SSSR count). The molecule has 1 aliphatic rings. The highest BCUT2D eigenvalue weighted by Crippen LogP contribution is 2.14. The maximum Gasteiger partial charge on any atom is 0.401 e. The van der Waals surface area contributed by atoms with Crippen LogP contribution in [0.1, 0.15) is 6.42 Å². The molecular formula is C7H13F3N2. The Balaban J connectivity index is 2.16. The van der Waals surface area contributed by atoms with Crippen LogP contribution in [0.4, 0.5) is 13.2 Å². The number of rotatable bonds is 2. The molecule has 0 bridgehead atoms. The van der Waals surface area contributed by atoms with Crippen molar-refractivity contribution in [2.75, 3.05) is 26.7 Å². The fourth-order valence-electron chi connectivity index (χ4n) is 1.36. The fourth-order valence-corrected chi connectivity index (χ4v) is 1.36. The Labute approximate surface area is 69.7 Å². The van der Waals surface area contributed by atoms with Crippen molar-refractivity contribution in [3.63, 3.8) is 0 Å². The summed E-state index contributed by atoms with van der Waals surface area (Å²) in [5.74, 6) is 0. The summed E-state index contributed by atoms with van der Waals surface area (Å²) in [6.07, 6.45) is -3.27. The zero-order valence-electron chi connectivity index (χ0n) is 6.99. The average Bonchev–Trinajstić information content (AvgIpc) is 2.30. The molecule has 0 radical (unpaired) electrons. The van der Waals surface area contributed by atoms with Crippen LogP contribution in [0.5, 0.6) is 0 Å². The maximum absolute atomic E-state index is 11.7. The molecule has 1 unspecified atom stereocenters. The molecule has 12 heavy (non-hydrogen) atoms. The first kappa shape index (κ1) is 9.80. The zero-order chi connectivity index (χ0) is 9.19. The monoisotopic (exact) mass is 182 g/mol. The molecule has 0 aromatic carbocycles. The van der Waals surface area contributed by atoms with Crippen LogP contribution in [0.15, 0.2) is 0 Å². The molecule has 1 saturated heterocycles. The minimum atomic E-state index is -4.08. The van der Waals surface area contributed by atoms with E-state index in [1.54, 1.807) is 0 Å². The van der Waals surface area contributed by atoms with Gasteiger partial charge in [-0.25, -0.2) is 0 Å². The second-order valence-electron chi connectivity index (χ2n) is 3.24. The Morgan fingerprint density at radius 1 is 1.50 bits per heavy atom. The van der Waals surface area contributed by atoms with Crippen LogP contribution in [0.2, 0.25) is 0 Å². The highest BCUT2D eigenvalue weighted by atomic mass is 19.4. The Bertz CT molecular complexity index is 146. The fraction of sp³-hybridized carbons (Fsp3) is 1.00. The van der Waals surface area contributed by atoms with Crippen LogP contribution in [-0.2, 0) is 0 Å².